The smallest absolute Gasteiger partial charge is 0.303 e. The molecule has 2 aliphatic heterocycles. The molecule has 0 saturated carbocycles. The van der Waals surface area contributed by atoms with Crippen LogP contribution in [0.1, 0.15) is 37.7 Å². The molecular weight excluding hydrogens is 518 g/mol. The van der Waals surface area contributed by atoms with Crippen LogP contribution in [0.2, 0.25) is 5.02 Å². The number of ether oxygens (including phenoxy) is 4. The summed E-state index contributed by atoms with van der Waals surface area (Å²) in [7, 11) is 0. The Bertz CT molecular complexity index is 1080. The molecule has 1 aromatic rings. The predicted molar refractivity (Wildman–Crippen MR) is 125 cm³/mol. The molecule has 1 aromatic heterocycles. The second-order valence-electron chi connectivity index (χ2n) is 7.95. The third-order valence-electron chi connectivity index (χ3n) is 5.27. The van der Waals surface area contributed by atoms with Crippen molar-refractivity contribution in [2.75, 3.05) is 19.7 Å². The van der Waals surface area contributed by atoms with Crippen LogP contribution in [0.25, 0.3) is 10.4 Å². The Balaban J connectivity index is 2.01. The maximum atomic E-state index is 12.9. The number of aromatic nitrogens is 1. The zero-order valence-corrected chi connectivity index (χ0v) is 21.2. The molecular formula is C21H24ClN5O8S. The molecule has 1 amide bonds. The zero-order chi connectivity index (χ0) is 26.4. The van der Waals surface area contributed by atoms with Crippen molar-refractivity contribution in [3.8, 4) is 0 Å². The molecule has 194 valence electrons. The van der Waals surface area contributed by atoms with E-state index in [4.69, 9.17) is 30.5 Å². The van der Waals surface area contributed by atoms with Crippen LogP contribution in [-0.2, 0) is 33.3 Å². The molecule has 3 heterocycles. The first-order valence-electron chi connectivity index (χ1n) is 10.9. The lowest BCUT2D eigenvalue weighted by Crippen LogP contribution is -2.59. The Morgan fingerprint density at radius 3 is 2.42 bits per heavy atom. The zero-order valence-electron chi connectivity index (χ0n) is 19.7. The van der Waals surface area contributed by atoms with Gasteiger partial charge in [-0.1, -0.05) is 28.5 Å². The number of esters is 3. The van der Waals surface area contributed by atoms with Crippen molar-refractivity contribution in [2.24, 2.45) is 5.11 Å². The highest BCUT2D eigenvalue weighted by atomic mass is 35.5. The highest BCUT2D eigenvalue weighted by molar-refractivity contribution is 8.00. The molecule has 2 saturated heterocycles. The Kier molecular flexibility index (Phi) is 9.37. The van der Waals surface area contributed by atoms with Crippen molar-refractivity contribution in [3.63, 3.8) is 0 Å². The van der Waals surface area contributed by atoms with E-state index in [9.17, 15) is 24.7 Å². The van der Waals surface area contributed by atoms with Gasteiger partial charge in [-0.25, -0.2) is 4.98 Å². The molecule has 0 aliphatic carbocycles. The molecule has 3 rings (SSSR count). The first kappa shape index (κ1) is 27.5. The minimum Gasteiger partial charge on any atom is -0.463 e. The van der Waals surface area contributed by atoms with Gasteiger partial charge in [0.1, 0.15) is 42.1 Å². The lowest BCUT2D eigenvalue weighted by atomic mass is 9.97. The second kappa shape index (κ2) is 12.3. The van der Waals surface area contributed by atoms with Gasteiger partial charge in [-0.15, -0.1) is 0 Å². The molecule has 13 nitrogen and oxygen atoms in total. The van der Waals surface area contributed by atoms with Crippen molar-refractivity contribution in [3.05, 3.63) is 33.4 Å². The molecule has 36 heavy (non-hydrogen) atoms. The van der Waals surface area contributed by atoms with E-state index in [0.29, 0.717) is 18.0 Å². The monoisotopic (exact) mass is 541 g/mol. The molecule has 0 radical (unpaired) electrons. The van der Waals surface area contributed by atoms with Gasteiger partial charge in [0.25, 0.3) is 5.91 Å². The summed E-state index contributed by atoms with van der Waals surface area (Å²) >= 11 is 7.12. The van der Waals surface area contributed by atoms with Gasteiger partial charge in [0.15, 0.2) is 0 Å². The van der Waals surface area contributed by atoms with E-state index in [2.05, 4.69) is 15.0 Å². The maximum absolute atomic E-state index is 12.9. The summed E-state index contributed by atoms with van der Waals surface area (Å²) in [5.74, 6) is -2.36. The average molecular weight is 542 g/mol. The molecule has 5 atom stereocenters. The summed E-state index contributed by atoms with van der Waals surface area (Å²) in [6.45, 7) is 4.33. The highest BCUT2D eigenvalue weighted by Gasteiger charge is 2.50. The van der Waals surface area contributed by atoms with Crippen LogP contribution in [0.3, 0.4) is 0 Å². The molecule has 0 bridgehead atoms. The van der Waals surface area contributed by atoms with E-state index in [-0.39, 0.29) is 23.2 Å². The quantitative estimate of drug-likeness (QED) is 0.156. The largest absolute Gasteiger partial charge is 0.463 e. The molecule has 0 spiro atoms. The topological polar surface area (TPSA) is 170 Å². The maximum Gasteiger partial charge on any atom is 0.303 e. The van der Waals surface area contributed by atoms with Crippen molar-refractivity contribution in [1.29, 1.82) is 0 Å². The van der Waals surface area contributed by atoms with E-state index < -0.39 is 47.7 Å². The number of thioether (sulfide) groups is 1. The Morgan fingerprint density at radius 1 is 1.19 bits per heavy atom. The SMILES string of the molecule is CC(=O)OCC1O[C@H](Sc2cc(Cl)cnc2C(=O)N2CCC2)C(OC(C)=O)C(N=[N+]=[N-])[C@H]1OC(C)=O. The second-order valence-corrected chi connectivity index (χ2v) is 9.53. The van der Waals surface area contributed by atoms with Crippen LogP contribution in [-0.4, -0.2) is 83.2 Å². The number of hydrogen-bond acceptors (Lipinski definition) is 11. The van der Waals surface area contributed by atoms with E-state index >= 15 is 0 Å². The number of halogens is 1. The summed E-state index contributed by atoms with van der Waals surface area (Å²) in [5.41, 5.74) is 8.25. The molecule has 3 unspecified atom stereocenters. The van der Waals surface area contributed by atoms with Gasteiger partial charge in [-0.2, -0.15) is 0 Å². The minimum atomic E-state index is -1.24. The Hall–Kier alpha value is -3.06. The highest BCUT2D eigenvalue weighted by Crippen LogP contribution is 2.39. The van der Waals surface area contributed by atoms with Gasteiger partial charge in [-0.05, 0) is 18.0 Å². The number of amides is 1. The third-order valence-corrected chi connectivity index (χ3v) is 6.65. The molecule has 2 aliphatic rings. The summed E-state index contributed by atoms with van der Waals surface area (Å²) < 4.78 is 21.9. The number of likely N-dealkylation sites (tertiary alicyclic amines) is 1. The van der Waals surface area contributed by atoms with Crippen LogP contribution in [0, 0.1) is 0 Å². The van der Waals surface area contributed by atoms with Gasteiger partial charge >= 0.3 is 17.9 Å². The first-order valence-corrected chi connectivity index (χ1v) is 12.2. The fraction of sp³-hybridized carbons (Fsp3) is 0.571. The fourth-order valence-electron chi connectivity index (χ4n) is 3.63. The van der Waals surface area contributed by atoms with E-state index in [1.807, 2.05) is 0 Å². The Morgan fingerprint density at radius 2 is 1.86 bits per heavy atom. The number of carbonyl (C=O) groups is 4. The van der Waals surface area contributed by atoms with Crippen LogP contribution < -0.4 is 0 Å². The van der Waals surface area contributed by atoms with Gasteiger partial charge in [0.2, 0.25) is 0 Å². The van der Waals surface area contributed by atoms with E-state index in [1.54, 1.807) is 4.90 Å². The molecule has 0 aromatic carbocycles. The van der Waals surface area contributed by atoms with Gasteiger partial charge < -0.3 is 23.8 Å². The average Bonchev–Trinajstić information content (AvgIpc) is 2.74. The number of nitrogens with zero attached hydrogens (tertiary/aromatic N) is 5. The summed E-state index contributed by atoms with van der Waals surface area (Å²) in [4.78, 5) is 57.1. The minimum absolute atomic E-state index is 0.119. The summed E-state index contributed by atoms with van der Waals surface area (Å²) in [6.07, 6.45) is -1.34. The van der Waals surface area contributed by atoms with E-state index in [0.717, 1.165) is 32.0 Å². The number of hydrogen-bond donors (Lipinski definition) is 0. The lowest BCUT2D eigenvalue weighted by Gasteiger charge is -2.43. The normalized spacial score (nSPS) is 25.1. The summed E-state index contributed by atoms with van der Waals surface area (Å²) in [5, 5.41) is 3.97. The van der Waals surface area contributed by atoms with Crippen LogP contribution in [0.15, 0.2) is 22.3 Å². The van der Waals surface area contributed by atoms with E-state index in [1.165, 1.54) is 19.2 Å². The van der Waals surface area contributed by atoms with Crippen LogP contribution in [0.4, 0.5) is 0 Å². The number of pyridine rings is 1. The van der Waals surface area contributed by atoms with Gasteiger partial charge in [0, 0.05) is 49.9 Å². The first-order chi connectivity index (χ1) is 17.1. The van der Waals surface area contributed by atoms with Gasteiger partial charge in [0.05, 0.1) is 5.02 Å². The van der Waals surface area contributed by atoms with Crippen molar-refractivity contribution in [1.82, 2.24) is 9.88 Å². The van der Waals surface area contributed by atoms with Crippen LogP contribution in [0.5, 0.6) is 0 Å². The lowest BCUT2D eigenvalue weighted by molar-refractivity contribution is -0.201. The fourth-order valence-corrected chi connectivity index (χ4v) is 5.10. The van der Waals surface area contributed by atoms with Crippen molar-refractivity contribution in [2.45, 2.75) is 61.9 Å². The van der Waals surface area contributed by atoms with Crippen molar-refractivity contribution >= 4 is 47.2 Å². The van der Waals surface area contributed by atoms with Crippen LogP contribution >= 0.6 is 23.4 Å². The molecule has 15 heteroatoms. The number of carbonyl (C=O) groups excluding carboxylic acids is 4. The van der Waals surface area contributed by atoms with Crippen molar-refractivity contribution < 1.29 is 38.1 Å². The van der Waals surface area contributed by atoms with Gasteiger partial charge in [-0.3, -0.25) is 19.2 Å². The number of rotatable bonds is 8. The standard InChI is InChI=1S/C21H24ClN5O8S/c1-10(28)32-9-14-18(33-11(2)29)17(25-26-23)19(34-12(3)30)21(35-14)36-15-7-13(22)8-24-16(15)20(31)27-5-4-6-27/h7-8,14,17-19,21H,4-6,9H2,1-3H3/t14?,17?,18-,19?,21+/m0/s1. The predicted octanol–water partition coefficient (Wildman–Crippen LogP) is 2.50. The summed E-state index contributed by atoms with van der Waals surface area (Å²) in [6, 6.07) is 0.277. The Labute approximate surface area is 215 Å². The third kappa shape index (κ3) is 6.78. The number of azide groups is 1. The molecule has 2 fully saturated rings. The molecule has 0 N–H and O–H groups in total.